The molecular weight excluding hydrogens is 258 g/mol. The lowest BCUT2D eigenvalue weighted by Crippen LogP contribution is -2.33. The summed E-state index contributed by atoms with van der Waals surface area (Å²) >= 11 is 1.73. The molecule has 0 aliphatic heterocycles. The van der Waals surface area contributed by atoms with Crippen molar-refractivity contribution in [3.05, 3.63) is 29.8 Å². The molecule has 2 atom stereocenters. The van der Waals surface area contributed by atoms with E-state index in [2.05, 4.69) is 49.3 Å². The van der Waals surface area contributed by atoms with E-state index in [1.54, 1.807) is 18.7 Å². The Bertz CT molecular complexity index is 405. The van der Waals surface area contributed by atoms with Crippen LogP contribution in [0.4, 0.5) is 0 Å². The van der Waals surface area contributed by atoms with E-state index < -0.39 is 5.97 Å². The van der Waals surface area contributed by atoms with Crippen LogP contribution in [0, 0.1) is 5.92 Å². The molecule has 0 saturated carbocycles. The van der Waals surface area contributed by atoms with Gasteiger partial charge in [0, 0.05) is 17.5 Å². The van der Waals surface area contributed by atoms with Gasteiger partial charge in [0.15, 0.2) is 0 Å². The minimum Gasteiger partial charge on any atom is -0.481 e. The molecule has 3 nitrogen and oxygen atoms in total. The first kappa shape index (κ1) is 16.1. The van der Waals surface area contributed by atoms with Crippen molar-refractivity contribution in [2.24, 2.45) is 5.92 Å². The standard InChI is InChI=1S/C15H23NO2S/c1-5-16(10-11(2)15(17)18)12(3)13-6-8-14(19-4)9-7-13/h6-9,11-12H,5,10H2,1-4H3,(H,17,18). The summed E-state index contributed by atoms with van der Waals surface area (Å²) in [4.78, 5) is 14.4. The van der Waals surface area contributed by atoms with E-state index in [0.29, 0.717) is 6.54 Å². The van der Waals surface area contributed by atoms with Crippen molar-refractivity contribution in [3.8, 4) is 0 Å². The fourth-order valence-corrected chi connectivity index (χ4v) is 2.49. The van der Waals surface area contributed by atoms with Gasteiger partial charge in [-0.15, -0.1) is 11.8 Å². The summed E-state index contributed by atoms with van der Waals surface area (Å²) in [5, 5.41) is 9.02. The molecule has 0 spiro atoms. The summed E-state index contributed by atoms with van der Waals surface area (Å²) in [5.74, 6) is -1.07. The predicted molar refractivity (Wildman–Crippen MR) is 80.7 cm³/mol. The van der Waals surface area contributed by atoms with Crippen LogP contribution >= 0.6 is 11.8 Å². The van der Waals surface area contributed by atoms with Crippen molar-refractivity contribution in [1.29, 1.82) is 0 Å². The van der Waals surface area contributed by atoms with Crippen LogP contribution < -0.4 is 0 Å². The predicted octanol–water partition coefficient (Wildman–Crippen LogP) is 3.51. The number of carbonyl (C=O) groups is 1. The van der Waals surface area contributed by atoms with Gasteiger partial charge in [-0.2, -0.15) is 0 Å². The molecule has 0 aromatic heterocycles. The van der Waals surface area contributed by atoms with Crippen LogP contribution in [0.5, 0.6) is 0 Å². The Labute approximate surface area is 120 Å². The summed E-state index contributed by atoms with van der Waals surface area (Å²) in [6, 6.07) is 8.73. The molecule has 19 heavy (non-hydrogen) atoms. The Hall–Kier alpha value is -1.00. The number of hydrogen-bond donors (Lipinski definition) is 1. The van der Waals surface area contributed by atoms with Gasteiger partial charge in [-0.1, -0.05) is 26.0 Å². The number of thioether (sulfide) groups is 1. The van der Waals surface area contributed by atoms with Crippen LogP contribution in [0.3, 0.4) is 0 Å². The van der Waals surface area contributed by atoms with Gasteiger partial charge in [0.1, 0.15) is 0 Å². The van der Waals surface area contributed by atoms with Crippen LogP contribution in [0.1, 0.15) is 32.4 Å². The highest BCUT2D eigenvalue weighted by Gasteiger charge is 2.20. The molecule has 0 fully saturated rings. The van der Waals surface area contributed by atoms with E-state index in [0.717, 1.165) is 6.54 Å². The maximum absolute atomic E-state index is 11.0. The largest absolute Gasteiger partial charge is 0.481 e. The first-order chi connectivity index (χ1) is 8.99. The molecule has 1 aromatic carbocycles. The van der Waals surface area contributed by atoms with E-state index in [9.17, 15) is 4.79 Å². The lowest BCUT2D eigenvalue weighted by molar-refractivity contribution is -0.141. The fraction of sp³-hybridized carbons (Fsp3) is 0.533. The van der Waals surface area contributed by atoms with Crippen molar-refractivity contribution in [3.63, 3.8) is 0 Å². The molecular formula is C15H23NO2S. The van der Waals surface area contributed by atoms with Crippen molar-refractivity contribution < 1.29 is 9.90 Å². The van der Waals surface area contributed by atoms with Gasteiger partial charge in [0.05, 0.1) is 5.92 Å². The molecule has 0 heterocycles. The zero-order chi connectivity index (χ0) is 14.4. The highest BCUT2D eigenvalue weighted by atomic mass is 32.2. The van der Waals surface area contributed by atoms with Gasteiger partial charge in [-0.3, -0.25) is 9.69 Å². The van der Waals surface area contributed by atoms with Crippen LogP contribution in [-0.4, -0.2) is 35.3 Å². The normalized spacial score (nSPS) is 14.4. The smallest absolute Gasteiger partial charge is 0.307 e. The molecule has 4 heteroatoms. The second-order valence-corrected chi connectivity index (χ2v) is 5.66. The van der Waals surface area contributed by atoms with Crippen molar-refractivity contribution in [2.75, 3.05) is 19.3 Å². The molecule has 0 aliphatic rings. The molecule has 1 N–H and O–H groups in total. The lowest BCUT2D eigenvalue weighted by Gasteiger charge is -2.29. The molecule has 0 amide bonds. The number of aliphatic carboxylic acids is 1. The number of nitrogens with zero attached hydrogens (tertiary/aromatic N) is 1. The van der Waals surface area contributed by atoms with Crippen LogP contribution in [0.25, 0.3) is 0 Å². The number of hydrogen-bond acceptors (Lipinski definition) is 3. The van der Waals surface area contributed by atoms with Crippen molar-refractivity contribution in [1.82, 2.24) is 4.90 Å². The molecule has 1 rings (SSSR count). The molecule has 0 saturated heterocycles. The van der Waals surface area contributed by atoms with Crippen LogP contribution in [0.15, 0.2) is 29.2 Å². The molecule has 106 valence electrons. The molecule has 0 bridgehead atoms. The first-order valence-electron chi connectivity index (χ1n) is 6.60. The van der Waals surface area contributed by atoms with E-state index in [1.807, 2.05) is 0 Å². The highest BCUT2D eigenvalue weighted by Crippen LogP contribution is 2.23. The van der Waals surface area contributed by atoms with Crippen LogP contribution in [-0.2, 0) is 4.79 Å². The van der Waals surface area contributed by atoms with Gasteiger partial charge in [-0.05, 0) is 37.4 Å². The van der Waals surface area contributed by atoms with E-state index in [-0.39, 0.29) is 12.0 Å². The van der Waals surface area contributed by atoms with Gasteiger partial charge in [0.2, 0.25) is 0 Å². The van der Waals surface area contributed by atoms with Gasteiger partial charge in [-0.25, -0.2) is 0 Å². The number of benzene rings is 1. The number of carboxylic acid groups (broad SMARTS) is 1. The Morgan fingerprint density at radius 3 is 2.32 bits per heavy atom. The Morgan fingerprint density at radius 1 is 1.32 bits per heavy atom. The van der Waals surface area contributed by atoms with Gasteiger partial charge < -0.3 is 5.11 Å². The lowest BCUT2D eigenvalue weighted by atomic mass is 10.0. The third-order valence-electron chi connectivity index (χ3n) is 3.48. The van der Waals surface area contributed by atoms with Gasteiger partial charge >= 0.3 is 5.97 Å². The minimum absolute atomic E-state index is 0.239. The maximum atomic E-state index is 11.0. The molecule has 0 aliphatic carbocycles. The van der Waals surface area contributed by atoms with Crippen molar-refractivity contribution >= 4 is 17.7 Å². The van der Waals surface area contributed by atoms with Crippen molar-refractivity contribution in [2.45, 2.75) is 31.7 Å². The maximum Gasteiger partial charge on any atom is 0.307 e. The summed E-state index contributed by atoms with van der Waals surface area (Å²) in [7, 11) is 0. The highest BCUT2D eigenvalue weighted by molar-refractivity contribution is 7.98. The second-order valence-electron chi connectivity index (χ2n) is 4.78. The average Bonchev–Trinajstić information content (AvgIpc) is 2.43. The molecule has 0 radical (unpaired) electrons. The second kappa shape index (κ2) is 7.56. The quantitative estimate of drug-likeness (QED) is 0.776. The fourth-order valence-electron chi connectivity index (χ4n) is 2.08. The van der Waals surface area contributed by atoms with E-state index >= 15 is 0 Å². The monoisotopic (exact) mass is 281 g/mol. The van der Waals surface area contributed by atoms with Crippen LogP contribution in [0.2, 0.25) is 0 Å². The molecule has 1 aromatic rings. The Balaban J connectivity index is 2.76. The Morgan fingerprint density at radius 2 is 1.89 bits per heavy atom. The Kier molecular flexibility index (Phi) is 6.38. The van der Waals surface area contributed by atoms with Gasteiger partial charge in [0.25, 0.3) is 0 Å². The summed E-state index contributed by atoms with van der Waals surface area (Å²) in [6.45, 7) is 7.39. The minimum atomic E-state index is -0.733. The number of rotatable bonds is 7. The SMILES string of the molecule is CCN(CC(C)C(=O)O)C(C)c1ccc(SC)cc1. The van der Waals surface area contributed by atoms with E-state index in [1.165, 1.54) is 10.5 Å². The number of carboxylic acids is 1. The average molecular weight is 281 g/mol. The topological polar surface area (TPSA) is 40.5 Å². The first-order valence-corrected chi connectivity index (χ1v) is 7.82. The third-order valence-corrected chi connectivity index (χ3v) is 4.23. The summed E-state index contributed by atoms with van der Waals surface area (Å²) in [6.07, 6.45) is 2.06. The molecule has 2 unspecified atom stereocenters. The zero-order valence-electron chi connectivity index (χ0n) is 12.1. The summed E-state index contributed by atoms with van der Waals surface area (Å²) < 4.78 is 0. The third kappa shape index (κ3) is 4.55. The summed E-state index contributed by atoms with van der Waals surface area (Å²) in [5.41, 5.74) is 1.23. The zero-order valence-corrected chi connectivity index (χ0v) is 12.9. The van der Waals surface area contributed by atoms with E-state index in [4.69, 9.17) is 5.11 Å².